The quantitative estimate of drug-likeness (QED) is 0.348. The standard InChI is InChI=1S/C27H24F2N2O4/c1-14-24(32)22-11-19(29)10-21(15(2)30-23-6-4-3-5-20(23)27(33)34)25(22)35-26(14)31-12-16-7-8-18(28)9-17(16)13-31/h3-11,15,27,30,33-34H,12-13H2,1-2H3. The number of fused-ring (bicyclic) bond motifs is 2. The van der Waals surface area contributed by atoms with Crippen LogP contribution in [0.15, 0.2) is 63.8 Å². The number of halogens is 2. The van der Waals surface area contributed by atoms with Crippen molar-refractivity contribution in [1.29, 1.82) is 0 Å². The third-order valence-electron chi connectivity index (χ3n) is 6.44. The number of anilines is 2. The molecular weight excluding hydrogens is 454 g/mol. The van der Waals surface area contributed by atoms with E-state index in [9.17, 15) is 23.8 Å². The Bertz CT molecular complexity index is 1500. The summed E-state index contributed by atoms with van der Waals surface area (Å²) in [5, 5.41) is 22.7. The van der Waals surface area contributed by atoms with Crippen LogP contribution in [0, 0.1) is 18.6 Å². The lowest BCUT2D eigenvalue weighted by Gasteiger charge is -2.22. The molecule has 0 saturated carbocycles. The summed E-state index contributed by atoms with van der Waals surface area (Å²) in [7, 11) is 0. The van der Waals surface area contributed by atoms with E-state index in [1.807, 2.05) is 4.90 Å². The highest BCUT2D eigenvalue weighted by Crippen LogP contribution is 2.35. The number of aliphatic hydroxyl groups excluding tert-OH is 1. The van der Waals surface area contributed by atoms with Crippen LogP contribution in [0.25, 0.3) is 11.0 Å². The molecule has 6 nitrogen and oxygen atoms in total. The van der Waals surface area contributed by atoms with Crippen molar-refractivity contribution in [1.82, 2.24) is 0 Å². The maximum Gasteiger partial charge on any atom is 0.203 e. The van der Waals surface area contributed by atoms with Gasteiger partial charge in [-0.1, -0.05) is 24.3 Å². The molecule has 0 spiro atoms. The van der Waals surface area contributed by atoms with Crippen molar-refractivity contribution in [3.8, 4) is 0 Å². The van der Waals surface area contributed by atoms with Gasteiger partial charge in [0, 0.05) is 29.9 Å². The van der Waals surface area contributed by atoms with Crippen molar-refractivity contribution in [2.75, 3.05) is 10.2 Å². The van der Waals surface area contributed by atoms with Crippen molar-refractivity contribution in [2.24, 2.45) is 0 Å². The van der Waals surface area contributed by atoms with Crippen LogP contribution in [0.3, 0.4) is 0 Å². The lowest BCUT2D eigenvalue weighted by Crippen LogP contribution is -2.20. The molecule has 0 aliphatic carbocycles. The van der Waals surface area contributed by atoms with Crippen LogP contribution >= 0.6 is 0 Å². The largest absolute Gasteiger partial charge is 0.440 e. The summed E-state index contributed by atoms with van der Waals surface area (Å²) in [5.74, 6) is -0.557. The summed E-state index contributed by atoms with van der Waals surface area (Å²) in [6.07, 6.45) is -1.69. The molecule has 1 aromatic heterocycles. The maximum absolute atomic E-state index is 14.6. The van der Waals surface area contributed by atoms with Gasteiger partial charge in [-0.05, 0) is 55.3 Å². The zero-order valence-corrected chi connectivity index (χ0v) is 19.2. The van der Waals surface area contributed by atoms with E-state index >= 15 is 0 Å². The van der Waals surface area contributed by atoms with E-state index < -0.39 is 18.1 Å². The lowest BCUT2D eigenvalue weighted by molar-refractivity contribution is -0.0419. The fraction of sp³-hybridized carbons (Fsp3) is 0.222. The predicted molar refractivity (Wildman–Crippen MR) is 129 cm³/mol. The number of hydrogen-bond acceptors (Lipinski definition) is 6. The molecule has 3 aromatic carbocycles. The van der Waals surface area contributed by atoms with Crippen molar-refractivity contribution in [3.05, 3.63) is 104 Å². The Morgan fingerprint density at radius 3 is 2.49 bits per heavy atom. The smallest absolute Gasteiger partial charge is 0.203 e. The van der Waals surface area contributed by atoms with Crippen molar-refractivity contribution >= 4 is 22.5 Å². The van der Waals surface area contributed by atoms with Crippen LogP contribution in [0.1, 0.15) is 47.1 Å². The van der Waals surface area contributed by atoms with Gasteiger partial charge in [-0.2, -0.15) is 0 Å². The number of rotatable bonds is 5. The van der Waals surface area contributed by atoms with Crippen molar-refractivity contribution < 1.29 is 23.4 Å². The van der Waals surface area contributed by atoms with E-state index in [-0.39, 0.29) is 27.8 Å². The molecule has 2 heterocycles. The Kier molecular flexibility index (Phi) is 5.78. The van der Waals surface area contributed by atoms with Gasteiger partial charge in [0.1, 0.15) is 17.2 Å². The van der Waals surface area contributed by atoms with Crippen LogP contribution in [0.5, 0.6) is 0 Å². The molecule has 1 aliphatic rings. The van der Waals surface area contributed by atoms with E-state index in [4.69, 9.17) is 4.42 Å². The highest BCUT2D eigenvalue weighted by Gasteiger charge is 2.26. The van der Waals surface area contributed by atoms with Gasteiger partial charge in [0.05, 0.1) is 17.0 Å². The first kappa shape index (κ1) is 23.0. The van der Waals surface area contributed by atoms with E-state index in [0.29, 0.717) is 35.8 Å². The predicted octanol–water partition coefficient (Wildman–Crippen LogP) is 5.06. The second kappa shape index (κ2) is 8.79. The highest BCUT2D eigenvalue weighted by atomic mass is 19.1. The van der Waals surface area contributed by atoms with Crippen molar-refractivity contribution in [2.45, 2.75) is 39.3 Å². The zero-order valence-electron chi connectivity index (χ0n) is 19.2. The molecule has 0 bridgehead atoms. The Morgan fingerprint density at radius 1 is 0.971 bits per heavy atom. The van der Waals surface area contributed by atoms with Crippen LogP contribution in [-0.2, 0) is 13.1 Å². The summed E-state index contributed by atoms with van der Waals surface area (Å²) >= 11 is 0. The molecule has 0 saturated heterocycles. The molecule has 1 unspecified atom stereocenters. The van der Waals surface area contributed by atoms with Crippen molar-refractivity contribution in [3.63, 3.8) is 0 Å². The summed E-state index contributed by atoms with van der Waals surface area (Å²) in [6, 6.07) is 13.2. The van der Waals surface area contributed by atoms with Crippen LogP contribution in [-0.4, -0.2) is 10.2 Å². The van der Waals surface area contributed by atoms with Gasteiger partial charge in [-0.15, -0.1) is 0 Å². The van der Waals surface area contributed by atoms with Gasteiger partial charge in [0.25, 0.3) is 0 Å². The van der Waals surface area contributed by atoms with Gasteiger partial charge < -0.3 is 24.8 Å². The third kappa shape index (κ3) is 4.15. The van der Waals surface area contributed by atoms with Crippen LogP contribution < -0.4 is 15.6 Å². The van der Waals surface area contributed by atoms with Gasteiger partial charge in [0.2, 0.25) is 5.88 Å². The topological polar surface area (TPSA) is 85.9 Å². The van der Waals surface area contributed by atoms with E-state index in [2.05, 4.69) is 5.32 Å². The lowest BCUT2D eigenvalue weighted by atomic mass is 10.0. The number of hydrogen-bond donors (Lipinski definition) is 3. The molecule has 3 N–H and O–H groups in total. The number of benzene rings is 3. The first-order valence-electron chi connectivity index (χ1n) is 11.2. The molecule has 0 amide bonds. The van der Waals surface area contributed by atoms with E-state index in [1.165, 1.54) is 18.2 Å². The molecule has 1 aliphatic heterocycles. The fourth-order valence-electron chi connectivity index (χ4n) is 4.66. The van der Waals surface area contributed by atoms with Gasteiger partial charge in [-0.25, -0.2) is 8.78 Å². The molecule has 1 atom stereocenters. The molecule has 0 fully saturated rings. The minimum atomic E-state index is -1.69. The monoisotopic (exact) mass is 478 g/mol. The summed E-state index contributed by atoms with van der Waals surface area (Å²) < 4.78 is 34.6. The second-order valence-electron chi connectivity index (χ2n) is 8.83. The minimum absolute atomic E-state index is 0.119. The Labute approximate surface area is 200 Å². The molecular formula is C27H24F2N2O4. The van der Waals surface area contributed by atoms with Gasteiger partial charge >= 0.3 is 0 Å². The summed E-state index contributed by atoms with van der Waals surface area (Å²) in [4.78, 5) is 15.1. The van der Waals surface area contributed by atoms with E-state index in [0.717, 1.165) is 17.2 Å². The number of nitrogens with one attached hydrogen (secondary N) is 1. The highest BCUT2D eigenvalue weighted by molar-refractivity contribution is 5.83. The number of nitrogens with zero attached hydrogens (tertiary/aromatic N) is 1. The Balaban J connectivity index is 1.59. The third-order valence-corrected chi connectivity index (χ3v) is 6.44. The first-order chi connectivity index (χ1) is 16.7. The summed E-state index contributed by atoms with van der Waals surface area (Å²) in [5.41, 5.74) is 3.13. The van der Waals surface area contributed by atoms with Crippen LogP contribution in [0.4, 0.5) is 20.4 Å². The molecule has 180 valence electrons. The molecule has 8 heteroatoms. The van der Waals surface area contributed by atoms with Gasteiger partial charge in [0.15, 0.2) is 11.7 Å². The Morgan fingerprint density at radius 2 is 1.71 bits per heavy atom. The maximum atomic E-state index is 14.6. The van der Waals surface area contributed by atoms with Crippen LogP contribution in [0.2, 0.25) is 0 Å². The average molecular weight is 478 g/mol. The molecule has 5 rings (SSSR count). The first-order valence-corrected chi connectivity index (χ1v) is 11.2. The van der Waals surface area contributed by atoms with E-state index in [1.54, 1.807) is 44.2 Å². The molecule has 4 aromatic rings. The van der Waals surface area contributed by atoms with Gasteiger partial charge in [-0.3, -0.25) is 4.79 Å². The second-order valence-corrected chi connectivity index (χ2v) is 8.83. The Hall–Kier alpha value is -3.75. The SMILES string of the molecule is Cc1c(N2Cc3ccc(F)cc3C2)oc2c(C(C)Nc3ccccc3C(O)O)cc(F)cc2c1=O. The number of aliphatic hydroxyl groups is 2. The summed E-state index contributed by atoms with van der Waals surface area (Å²) in [6.45, 7) is 4.24. The normalized spacial score (nSPS) is 14.0. The molecule has 35 heavy (non-hydrogen) atoms. The average Bonchev–Trinajstić information content (AvgIpc) is 3.24. The fourth-order valence-corrected chi connectivity index (χ4v) is 4.66. The number of para-hydroxylation sites is 1. The minimum Gasteiger partial charge on any atom is -0.440 e. The molecule has 0 radical (unpaired) electrons. The zero-order chi connectivity index (χ0) is 24.9.